The highest BCUT2D eigenvalue weighted by atomic mass is 19.1. The van der Waals surface area contributed by atoms with Crippen LogP contribution in [0, 0.1) is 19.7 Å². The molecule has 256 valence electrons. The van der Waals surface area contributed by atoms with Crippen LogP contribution in [0.2, 0.25) is 0 Å². The van der Waals surface area contributed by atoms with Crippen LogP contribution < -0.4 is 25.0 Å². The molecule has 0 radical (unpaired) electrons. The van der Waals surface area contributed by atoms with Crippen molar-refractivity contribution in [2.75, 3.05) is 62.4 Å². The molecule has 2 aliphatic heterocycles. The van der Waals surface area contributed by atoms with E-state index in [1.54, 1.807) is 30.3 Å². The lowest BCUT2D eigenvalue weighted by molar-refractivity contribution is 0.0792. The highest BCUT2D eigenvalue weighted by Crippen LogP contribution is 2.35. The minimum Gasteiger partial charge on any atom is -0.493 e. The van der Waals surface area contributed by atoms with Crippen LogP contribution in [0.5, 0.6) is 17.4 Å². The zero-order valence-corrected chi connectivity index (χ0v) is 28.5. The summed E-state index contributed by atoms with van der Waals surface area (Å²) in [6.45, 7) is 9.70. The van der Waals surface area contributed by atoms with Crippen molar-refractivity contribution in [1.29, 1.82) is 0 Å². The summed E-state index contributed by atoms with van der Waals surface area (Å²) in [6.07, 6.45) is 3.32. The number of hydrogen-bond acceptors (Lipinski definition) is 9. The molecule has 12 heteroatoms. The van der Waals surface area contributed by atoms with Gasteiger partial charge in [-0.3, -0.25) is 9.59 Å². The normalized spacial score (nSPS) is 16.4. The zero-order valence-electron chi connectivity index (χ0n) is 28.5. The second kappa shape index (κ2) is 14.5. The molecule has 4 aromatic rings. The third-order valence-corrected chi connectivity index (χ3v) is 9.23. The Bertz CT molecular complexity index is 1840. The maximum Gasteiger partial charge on any atom is 0.262 e. The van der Waals surface area contributed by atoms with E-state index in [9.17, 15) is 9.59 Å². The van der Waals surface area contributed by atoms with Crippen molar-refractivity contribution in [1.82, 2.24) is 19.8 Å². The number of nitrogens with one attached hydrogen (secondary N) is 2. The number of carbonyl (C=O) groups excluding carboxylic acids is 2. The van der Waals surface area contributed by atoms with Gasteiger partial charge in [0, 0.05) is 61.9 Å². The minimum atomic E-state index is -0.476. The van der Waals surface area contributed by atoms with E-state index in [4.69, 9.17) is 9.47 Å². The van der Waals surface area contributed by atoms with Crippen molar-refractivity contribution in [3.8, 4) is 17.4 Å². The smallest absolute Gasteiger partial charge is 0.262 e. The molecule has 2 aliphatic rings. The van der Waals surface area contributed by atoms with Gasteiger partial charge in [-0.15, -0.1) is 0 Å². The first kappa shape index (κ1) is 33.7. The fourth-order valence-electron chi connectivity index (χ4n) is 6.18. The molecule has 49 heavy (non-hydrogen) atoms. The Morgan fingerprint density at radius 1 is 0.959 bits per heavy atom. The molecule has 1 atom stereocenters. The van der Waals surface area contributed by atoms with Gasteiger partial charge in [-0.05, 0) is 88.2 Å². The molecule has 2 amide bonds. The van der Waals surface area contributed by atoms with Gasteiger partial charge in [-0.25, -0.2) is 9.37 Å². The van der Waals surface area contributed by atoms with E-state index in [-0.39, 0.29) is 34.9 Å². The Morgan fingerprint density at radius 2 is 1.71 bits per heavy atom. The van der Waals surface area contributed by atoms with Crippen molar-refractivity contribution >= 4 is 34.8 Å². The third-order valence-electron chi connectivity index (χ3n) is 9.23. The molecule has 0 spiro atoms. The number of anilines is 4. The van der Waals surface area contributed by atoms with Crippen LogP contribution in [0.3, 0.4) is 0 Å². The van der Waals surface area contributed by atoms with E-state index >= 15 is 4.39 Å². The summed E-state index contributed by atoms with van der Waals surface area (Å²) in [5, 5.41) is 6.02. The van der Waals surface area contributed by atoms with Gasteiger partial charge in [0.25, 0.3) is 11.8 Å². The van der Waals surface area contributed by atoms with Gasteiger partial charge in [-0.1, -0.05) is 18.2 Å². The van der Waals surface area contributed by atoms with Gasteiger partial charge in [0.2, 0.25) is 11.8 Å². The maximum atomic E-state index is 15.4. The van der Waals surface area contributed by atoms with Crippen molar-refractivity contribution in [2.24, 2.45) is 0 Å². The highest BCUT2D eigenvalue weighted by Gasteiger charge is 2.25. The van der Waals surface area contributed by atoms with E-state index in [0.717, 1.165) is 56.7 Å². The number of para-hydroxylation sites is 1. The average Bonchev–Trinajstić information content (AvgIpc) is 3.63. The fourth-order valence-corrected chi connectivity index (χ4v) is 6.18. The van der Waals surface area contributed by atoms with Crippen LogP contribution in [-0.2, 0) is 0 Å². The summed E-state index contributed by atoms with van der Waals surface area (Å²) in [5.41, 5.74) is 3.97. The first-order chi connectivity index (χ1) is 23.6. The quantitative estimate of drug-likeness (QED) is 0.209. The molecule has 0 aliphatic carbocycles. The van der Waals surface area contributed by atoms with Gasteiger partial charge in [0.1, 0.15) is 11.4 Å². The van der Waals surface area contributed by atoms with E-state index in [2.05, 4.69) is 39.5 Å². The number of halogens is 1. The summed E-state index contributed by atoms with van der Waals surface area (Å²) < 4.78 is 27.2. The molecule has 11 nitrogen and oxygen atoms in total. The number of nitrogens with zero attached hydrogens (tertiary/aromatic N) is 5. The molecule has 2 N–H and O–H groups in total. The summed E-state index contributed by atoms with van der Waals surface area (Å²) >= 11 is 0. The first-order valence-electron chi connectivity index (χ1n) is 16.5. The monoisotopic (exact) mass is 667 g/mol. The molecule has 3 heterocycles. The lowest BCUT2D eigenvalue weighted by Gasteiger charge is -2.39. The standard InChI is InChI=1S/C37H42FN7O4/c1-23-9-8-10-24(2)33(23)41-34(46)28-21-39-37(40-27-12-13-30(29(38)20-27)45-18-17-43(4)25(3)22-45)42-35(28)49-31-14-11-26(19-32(31)48-5)36(47)44-15-6-7-16-44/h8-14,19-21,25H,6-7,15-18,22H2,1-5H3,(H,41,46)(H,39,40,42). The van der Waals surface area contributed by atoms with Gasteiger partial charge in [-0.2, -0.15) is 4.98 Å². The molecule has 6 rings (SSSR count). The predicted molar refractivity (Wildman–Crippen MR) is 188 cm³/mol. The second-order valence-corrected chi connectivity index (χ2v) is 12.7. The van der Waals surface area contributed by atoms with E-state index in [0.29, 0.717) is 34.4 Å². The number of benzene rings is 3. The van der Waals surface area contributed by atoms with Crippen LogP contribution in [0.15, 0.2) is 60.8 Å². The Balaban J connectivity index is 1.30. The number of amides is 2. The summed E-state index contributed by atoms with van der Waals surface area (Å²) in [7, 11) is 3.55. The van der Waals surface area contributed by atoms with E-state index in [1.165, 1.54) is 19.4 Å². The number of likely N-dealkylation sites (tertiary alicyclic amines) is 1. The average molecular weight is 668 g/mol. The Labute approximate surface area is 286 Å². The summed E-state index contributed by atoms with van der Waals surface area (Å²) in [4.78, 5) is 41.8. The highest BCUT2D eigenvalue weighted by molar-refractivity contribution is 6.06. The SMILES string of the molecule is COc1cc(C(=O)N2CCCC2)ccc1Oc1nc(Nc2ccc(N3CCN(C)C(C)C3)c(F)c2)ncc1C(=O)Nc1c(C)cccc1C. The number of aromatic nitrogens is 2. The summed E-state index contributed by atoms with van der Waals surface area (Å²) in [6, 6.07) is 15.9. The lowest BCUT2D eigenvalue weighted by Crippen LogP contribution is -2.50. The number of ether oxygens (including phenoxy) is 2. The Morgan fingerprint density at radius 3 is 2.41 bits per heavy atom. The van der Waals surface area contributed by atoms with Crippen molar-refractivity contribution < 1.29 is 23.5 Å². The topological polar surface area (TPSA) is 112 Å². The van der Waals surface area contributed by atoms with Crippen molar-refractivity contribution in [3.63, 3.8) is 0 Å². The van der Waals surface area contributed by atoms with Crippen molar-refractivity contribution in [2.45, 2.75) is 39.7 Å². The van der Waals surface area contributed by atoms with E-state index in [1.807, 2.05) is 41.8 Å². The molecular formula is C37H42FN7O4. The molecule has 1 unspecified atom stereocenters. The predicted octanol–water partition coefficient (Wildman–Crippen LogP) is 6.41. The molecule has 0 bridgehead atoms. The second-order valence-electron chi connectivity index (χ2n) is 12.7. The van der Waals surface area contributed by atoms with Crippen LogP contribution in [0.1, 0.15) is 51.6 Å². The number of rotatable bonds is 9. The lowest BCUT2D eigenvalue weighted by atomic mass is 10.1. The molecule has 2 fully saturated rings. The molecule has 3 aromatic carbocycles. The molecule has 1 aromatic heterocycles. The van der Waals surface area contributed by atoms with Crippen LogP contribution in [-0.4, -0.2) is 84.5 Å². The number of aryl methyl sites for hydroxylation is 2. The van der Waals surface area contributed by atoms with E-state index < -0.39 is 5.91 Å². The molecule has 0 saturated carbocycles. The largest absolute Gasteiger partial charge is 0.493 e. The number of carbonyl (C=O) groups is 2. The number of likely N-dealkylation sites (N-methyl/N-ethyl adjacent to an activating group) is 1. The summed E-state index contributed by atoms with van der Waals surface area (Å²) in [5.74, 6) is -0.324. The molecular weight excluding hydrogens is 625 g/mol. The fraction of sp³-hybridized carbons (Fsp3) is 0.351. The van der Waals surface area contributed by atoms with Gasteiger partial charge < -0.3 is 34.8 Å². The molecule has 2 saturated heterocycles. The zero-order chi connectivity index (χ0) is 34.7. The van der Waals surface area contributed by atoms with Gasteiger partial charge >= 0.3 is 0 Å². The van der Waals surface area contributed by atoms with Gasteiger partial charge in [0.15, 0.2) is 11.5 Å². The van der Waals surface area contributed by atoms with Crippen LogP contribution in [0.25, 0.3) is 0 Å². The minimum absolute atomic E-state index is 0.0540. The maximum absolute atomic E-state index is 15.4. The number of piperazine rings is 1. The first-order valence-corrected chi connectivity index (χ1v) is 16.5. The van der Waals surface area contributed by atoms with Crippen molar-refractivity contribution in [3.05, 3.63) is 88.9 Å². The Kier molecular flexibility index (Phi) is 9.95. The number of methoxy groups -OCH3 is 1. The third kappa shape index (κ3) is 7.44. The number of hydrogen-bond donors (Lipinski definition) is 2. The van der Waals surface area contributed by atoms with Crippen LogP contribution in [0.4, 0.5) is 27.4 Å². The van der Waals surface area contributed by atoms with Crippen LogP contribution >= 0.6 is 0 Å². The van der Waals surface area contributed by atoms with Gasteiger partial charge in [0.05, 0.1) is 12.8 Å². The Hall–Kier alpha value is -5.23.